The SMILES string of the molecule is CC.Cn1cc2c(nc1=O)NCCC2. The van der Waals surface area contributed by atoms with E-state index in [1.165, 1.54) is 4.57 Å². The number of fused-ring (bicyclic) bond motifs is 1. The summed E-state index contributed by atoms with van der Waals surface area (Å²) in [5.41, 5.74) is 0.950. The van der Waals surface area contributed by atoms with Crippen LogP contribution in [-0.2, 0) is 13.5 Å². The van der Waals surface area contributed by atoms with Crippen LogP contribution in [0.25, 0.3) is 0 Å². The first-order valence-corrected chi connectivity index (χ1v) is 5.08. The highest BCUT2D eigenvalue weighted by Gasteiger charge is 2.10. The topological polar surface area (TPSA) is 46.9 Å². The molecule has 0 saturated heterocycles. The van der Waals surface area contributed by atoms with Gasteiger partial charge in [0, 0.05) is 25.4 Å². The second kappa shape index (κ2) is 4.79. The standard InChI is InChI=1S/C8H11N3O.C2H6/c1-11-5-6-3-2-4-9-7(6)10-8(11)12;1-2/h5H,2-4H2,1H3,(H,9,10,12);1-2H3. The van der Waals surface area contributed by atoms with E-state index >= 15 is 0 Å². The molecule has 0 amide bonds. The molecule has 0 bridgehead atoms. The maximum absolute atomic E-state index is 11.1. The molecule has 0 aliphatic carbocycles. The molecule has 1 aliphatic rings. The van der Waals surface area contributed by atoms with Gasteiger partial charge < -0.3 is 9.88 Å². The molecule has 1 aromatic rings. The Morgan fingerprint density at radius 2 is 2.21 bits per heavy atom. The van der Waals surface area contributed by atoms with E-state index in [9.17, 15) is 4.79 Å². The van der Waals surface area contributed by atoms with Crippen LogP contribution < -0.4 is 11.0 Å². The monoisotopic (exact) mass is 195 g/mol. The zero-order chi connectivity index (χ0) is 10.6. The highest BCUT2D eigenvalue weighted by molar-refractivity contribution is 5.44. The molecule has 0 aromatic carbocycles. The van der Waals surface area contributed by atoms with E-state index in [-0.39, 0.29) is 5.69 Å². The van der Waals surface area contributed by atoms with Crippen LogP contribution in [0, 0.1) is 0 Å². The lowest BCUT2D eigenvalue weighted by atomic mass is 10.1. The first kappa shape index (κ1) is 10.8. The Kier molecular flexibility index (Phi) is 3.68. The average Bonchev–Trinajstić information content (AvgIpc) is 2.23. The number of nitrogens with zero attached hydrogens (tertiary/aromatic N) is 2. The minimum absolute atomic E-state index is 0.192. The summed E-state index contributed by atoms with van der Waals surface area (Å²) in [5, 5.41) is 3.11. The molecule has 78 valence electrons. The normalized spacial score (nSPS) is 13.4. The second-order valence-electron chi connectivity index (χ2n) is 3.04. The molecule has 0 unspecified atom stereocenters. The minimum atomic E-state index is -0.192. The van der Waals surface area contributed by atoms with Gasteiger partial charge in [-0.05, 0) is 12.8 Å². The van der Waals surface area contributed by atoms with Gasteiger partial charge in [0.05, 0.1) is 0 Å². The van der Waals surface area contributed by atoms with Gasteiger partial charge in [0.2, 0.25) is 0 Å². The predicted octanol–water partition coefficient (Wildman–Crippen LogP) is 1.16. The van der Waals surface area contributed by atoms with Gasteiger partial charge >= 0.3 is 5.69 Å². The Balaban J connectivity index is 0.000000461. The van der Waals surface area contributed by atoms with Crippen LogP contribution in [0.5, 0.6) is 0 Å². The van der Waals surface area contributed by atoms with Crippen LogP contribution in [0.2, 0.25) is 0 Å². The van der Waals surface area contributed by atoms with Crippen molar-refractivity contribution in [1.82, 2.24) is 9.55 Å². The average molecular weight is 195 g/mol. The predicted molar refractivity (Wildman–Crippen MR) is 57.6 cm³/mol. The Labute approximate surface area is 84.0 Å². The van der Waals surface area contributed by atoms with Crippen LogP contribution in [0.1, 0.15) is 25.8 Å². The third-order valence-corrected chi connectivity index (χ3v) is 2.08. The zero-order valence-corrected chi connectivity index (χ0v) is 9.00. The second-order valence-corrected chi connectivity index (χ2v) is 3.04. The molecule has 0 fully saturated rings. The van der Waals surface area contributed by atoms with Crippen LogP contribution in [0.4, 0.5) is 5.82 Å². The summed E-state index contributed by atoms with van der Waals surface area (Å²) in [6.45, 7) is 4.92. The lowest BCUT2D eigenvalue weighted by Gasteiger charge is -2.16. The van der Waals surface area contributed by atoms with Crippen molar-refractivity contribution in [2.24, 2.45) is 7.05 Å². The summed E-state index contributed by atoms with van der Waals surface area (Å²) in [7, 11) is 1.73. The summed E-state index contributed by atoms with van der Waals surface area (Å²) < 4.78 is 1.52. The number of aryl methyl sites for hydroxylation is 2. The molecule has 1 N–H and O–H groups in total. The summed E-state index contributed by atoms with van der Waals surface area (Å²) >= 11 is 0. The number of hydrogen-bond acceptors (Lipinski definition) is 3. The van der Waals surface area contributed by atoms with Gasteiger partial charge in [0.1, 0.15) is 5.82 Å². The number of aromatic nitrogens is 2. The van der Waals surface area contributed by atoms with Gasteiger partial charge in [-0.2, -0.15) is 4.98 Å². The summed E-state index contributed by atoms with van der Waals surface area (Å²) in [6, 6.07) is 0. The van der Waals surface area contributed by atoms with Crippen molar-refractivity contribution in [2.75, 3.05) is 11.9 Å². The van der Waals surface area contributed by atoms with Gasteiger partial charge in [-0.25, -0.2) is 4.79 Å². The molecular weight excluding hydrogens is 178 g/mol. The molecule has 1 aliphatic heterocycles. The Morgan fingerprint density at radius 3 is 2.93 bits per heavy atom. The van der Waals surface area contributed by atoms with E-state index in [4.69, 9.17) is 0 Å². The van der Waals surface area contributed by atoms with Crippen LogP contribution >= 0.6 is 0 Å². The maximum atomic E-state index is 11.1. The van der Waals surface area contributed by atoms with Crippen molar-refractivity contribution in [3.05, 3.63) is 22.2 Å². The molecule has 2 heterocycles. The maximum Gasteiger partial charge on any atom is 0.349 e. The van der Waals surface area contributed by atoms with Gasteiger partial charge in [-0.1, -0.05) is 13.8 Å². The van der Waals surface area contributed by atoms with Crippen LogP contribution in [0.3, 0.4) is 0 Å². The molecule has 0 atom stereocenters. The van der Waals surface area contributed by atoms with Crippen molar-refractivity contribution in [3.8, 4) is 0 Å². The molecule has 2 rings (SSSR count). The Morgan fingerprint density at radius 1 is 1.50 bits per heavy atom. The third-order valence-electron chi connectivity index (χ3n) is 2.08. The zero-order valence-electron chi connectivity index (χ0n) is 9.00. The molecule has 4 nitrogen and oxygen atoms in total. The summed E-state index contributed by atoms with van der Waals surface area (Å²) in [4.78, 5) is 15.0. The van der Waals surface area contributed by atoms with Gasteiger partial charge in [-0.3, -0.25) is 0 Å². The van der Waals surface area contributed by atoms with E-state index in [2.05, 4.69) is 10.3 Å². The van der Waals surface area contributed by atoms with Gasteiger partial charge in [0.25, 0.3) is 0 Å². The number of hydrogen-bond donors (Lipinski definition) is 1. The first-order valence-electron chi connectivity index (χ1n) is 5.08. The van der Waals surface area contributed by atoms with E-state index in [0.717, 1.165) is 30.8 Å². The summed E-state index contributed by atoms with van der Waals surface area (Å²) in [5.74, 6) is 0.768. The number of anilines is 1. The lowest BCUT2D eigenvalue weighted by molar-refractivity contribution is 0.745. The fourth-order valence-electron chi connectivity index (χ4n) is 1.42. The fourth-order valence-corrected chi connectivity index (χ4v) is 1.42. The van der Waals surface area contributed by atoms with Crippen molar-refractivity contribution in [2.45, 2.75) is 26.7 Å². The van der Waals surface area contributed by atoms with E-state index < -0.39 is 0 Å². The van der Waals surface area contributed by atoms with Crippen LogP contribution in [-0.4, -0.2) is 16.1 Å². The van der Waals surface area contributed by atoms with E-state index in [1.807, 2.05) is 20.0 Å². The van der Waals surface area contributed by atoms with Gasteiger partial charge in [-0.15, -0.1) is 0 Å². The molecule has 0 radical (unpaired) electrons. The molecule has 0 spiro atoms. The highest BCUT2D eigenvalue weighted by atomic mass is 16.1. The fraction of sp³-hybridized carbons (Fsp3) is 0.600. The quantitative estimate of drug-likeness (QED) is 0.676. The van der Waals surface area contributed by atoms with Crippen LogP contribution in [0.15, 0.2) is 11.0 Å². The number of nitrogens with one attached hydrogen (secondary N) is 1. The molecular formula is C10H17N3O. The van der Waals surface area contributed by atoms with Gasteiger partial charge in [0.15, 0.2) is 0 Å². The molecule has 0 saturated carbocycles. The Bertz CT molecular complexity index is 357. The number of rotatable bonds is 0. The van der Waals surface area contributed by atoms with E-state index in [1.54, 1.807) is 7.05 Å². The molecule has 14 heavy (non-hydrogen) atoms. The minimum Gasteiger partial charge on any atom is -0.370 e. The smallest absolute Gasteiger partial charge is 0.349 e. The van der Waals surface area contributed by atoms with Crippen molar-refractivity contribution >= 4 is 5.82 Å². The lowest BCUT2D eigenvalue weighted by Crippen LogP contribution is -2.25. The largest absolute Gasteiger partial charge is 0.370 e. The van der Waals surface area contributed by atoms with Crippen molar-refractivity contribution in [3.63, 3.8) is 0 Å². The third kappa shape index (κ3) is 2.13. The highest BCUT2D eigenvalue weighted by Crippen LogP contribution is 2.15. The summed E-state index contributed by atoms with van der Waals surface area (Å²) in [6.07, 6.45) is 3.99. The molecule has 4 heteroatoms. The van der Waals surface area contributed by atoms with Crippen molar-refractivity contribution < 1.29 is 0 Å². The first-order chi connectivity index (χ1) is 6.77. The molecule has 1 aromatic heterocycles. The van der Waals surface area contributed by atoms with E-state index in [0.29, 0.717) is 0 Å². The Hall–Kier alpha value is -1.32. The van der Waals surface area contributed by atoms with Crippen molar-refractivity contribution in [1.29, 1.82) is 0 Å².